The third-order valence-corrected chi connectivity index (χ3v) is 1.53. The van der Waals surface area contributed by atoms with Crippen LogP contribution < -0.4 is 5.32 Å². The zero-order valence-corrected chi connectivity index (χ0v) is 7.81. The van der Waals surface area contributed by atoms with E-state index in [4.69, 9.17) is 0 Å². The maximum Gasteiger partial charge on any atom is 0.384 e. The molecule has 0 saturated heterocycles. The Morgan fingerprint density at radius 1 is 1.67 bits per heavy atom. The average Bonchev–Trinajstić information content (AvgIpc) is 2.11. The third kappa shape index (κ3) is 5.75. The van der Waals surface area contributed by atoms with Crippen molar-refractivity contribution in [1.29, 1.82) is 0 Å². The van der Waals surface area contributed by atoms with Gasteiger partial charge in [0.05, 0.1) is 13.7 Å². The van der Waals surface area contributed by atoms with Gasteiger partial charge in [-0.3, -0.25) is 0 Å². The van der Waals surface area contributed by atoms with Crippen LogP contribution in [0.4, 0.5) is 0 Å². The highest BCUT2D eigenvalue weighted by atomic mass is 16.5. The Labute approximate surface area is 73.5 Å². The maximum absolute atomic E-state index is 10.5. The summed E-state index contributed by atoms with van der Waals surface area (Å²) in [5.41, 5.74) is 0. The lowest BCUT2D eigenvalue weighted by Crippen LogP contribution is -2.25. The number of esters is 1. The predicted molar refractivity (Wildman–Crippen MR) is 47.5 cm³/mol. The Kier molecular flexibility index (Phi) is 6.12. The molecule has 0 aromatic rings. The number of ether oxygens (including phenoxy) is 1. The van der Waals surface area contributed by atoms with Crippen LogP contribution >= 0.6 is 0 Å². The van der Waals surface area contributed by atoms with Crippen molar-refractivity contribution in [2.45, 2.75) is 26.3 Å². The van der Waals surface area contributed by atoms with E-state index < -0.39 is 5.97 Å². The summed E-state index contributed by atoms with van der Waals surface area (Å²) >= 11 is 0. The van der Waals surface area contributed by atoms with E-state index in [0.29, 0.717) is 12.6 Å². The molecule has 0 radical (unpaired) electrons. The van der Waals surface area contributed by atoms with Gasteiger partial charge >= 0.3 is 5.97 Å². The van der Waals surface area contributed by atoms with Crippen molar-refractivity contribution >= 4 is 5.97 Å². The zero-order chi connectivity index (χ0) is 9.40. The van der Waals surface area contributed by atoms with Crippen molar-refractivity contribution in [3.63, 3.8) is 0 Å². The molecule has 0 rings (SSSR count). The first-order chi connectivity index (χ1) is 5.70. The Morgan fingerprint density at radius 2 is 2.33 bits per heavy atom. The molecule has 1 unspecified atom stereocenters. The number of carbonyl (C=O) groups is 1. The molecule has 0 bridgehead atoms. The number of rotatable bonds is 3. The van der Waals surface area contributed by atoms with E-state index in [1.807, 2.05) is 0 Å². The second-order valence-electron chi connectivity index (χ2n) is 2.48. The van der Waals surface area contributed by atoms with Crippen molar-refractivity contribution in [3.05, 3.63) is 0 Å². The first-order valence-electron chi connectivity index (χ1n) is 4.00. The zero-order valence-electron chi connectivity index (χ0n) is 7.81. The van der Waals surface area contributed by atoms with Crippen molar-refractivity contribution in [2.75, 3.05) is 13.7 Å². The molecule has 3 nitrogen and oxygen atoms in total. The molecule has 0 amide bonds. The number of hydrogen-bond donors (Lipinski definition) is 1. The quantitative estimate of drug-likeness (QED) is 0.381. The first-order valence-corrected chi connectivity index (χ1v) is 4.00. The molecule has 1 atom stereocenters. The highest BCUT2D eigenvalue weighted by Crippen LogP contribution is 1.84. The fraction of sp³-hybridized carbons (Fsp3) is 0.667. The van der Waals surface area contributed by atoms with Gasteiger partial charge in [-0.15, -0.1) is 0 Å². The Bertz CT molecular complexity index is 190. The van der Waals surface area contributed by atoms with Gasteiger partial charge in [-0.2, -0.15) is 0 Å². The molecule has 12 heavy (non-hydrogen) atoms. The lowest BCUT2D eigenvalue weighted by molar-refractivity contribution is -0.133. The molecule has 0 aliphatic heterocycles. The SMILES string of the molecule is CCC(C)NCC#CC(=O)OC. The van der Waals surface area contributed by atoms with Crippen LogP contribution in [-0.2, 0) is 9.53 Å². The summed E-state index contributed by atoms with van der Waals surface area (Å²) in [7, 11) is 1.32. The Morgan fingerprint density at radius 3 is 2.83 bits per heavy atom. The standard InChI is InChI=1S/C9H15NO2/c1-4-8(2)10-7-5-6-9(11)12-3/h8,10H,4,7H2,1-3H3. The highest BCUT2D eigenvalue weighted by Gasteiger charge is 1.93. The molecule has 0 saturated carbocycles. The van der Waals surface area contributed by atoms with Crippen LogP contribution in [0.1, 0.15) is 20.3 Å². The normalized spacial score (nSPS) is 11.2. The number of nitrogens with one attached hydrogen (secondary N) is 1. The van der Waals surface area contributed by atoms with E-state index in [9.17, 15) is 4.79 Å². The number of methoxy groups -OCH3 is 1. The van der Waals surface area contributed by atoms with Gasteiger partial charge < -0.3 is 10.1 Å². The average molecular weight is 169 g/mol. The molecular formula is C9H15NO2. The minimum Gasteiger partial charge on any atom is -0.459 e. The van der Waals surface area contributed by atoms with Gasteiger partial charge in [0.15, 0.2) is 0 Å². The molecule has 0 fully saturated rings. The molecule has 68 valence electrons. The number of hydrogen-bond acceptors (Lipinski definition) is 3. The van der Waals surface area contributed by atoms with E-state index in [-0.39, 0.29) is 0 Å². The van der Waals surface area contributed by atoms with Crippen LogP contribution in [0.5, 0.6) is 0 Å². The summed E-state index contributed by atoms with van der Waals surface area (Å²) in [6.45, 7) is 4.69. The van der Waals surface area contributed by atoms with E-state index in [1.54, 1.807) is 0 Å². The molecule has 0 heterocycles. The van der Waals surface area contributed by atoms with Crippen LogP contribution in [0.3, 0.4) is 0 Å². The summed E-state index contributed by atoms with van der Waals surface area (Å²) in [6.07, 6.45) is 1.06. The van der Waals surface area contributed by atoms with Crippen molar-refractivity contribution < 1.29 is 9.53 Å². The summed E-state index contributed by atoms with van der Waals surface area (Å²) in [5.74, 6) is 4.52. The minimum atomic E-state index is -0.485. The highest BCUT2D eigenvalue weighted by molar-refractivity contribution is 5.88. The van der Waals surface area contributed by atoms with Crippen LogP contribution in [-0.4, -0.2) is 25.7 Å². The molecule has 0 aromatic heterocycles. The van der Waals surface area contributed by atoms with Gasteiger partial charge in [-0.05, 0) is 13.3 Å². The summed E-state index contributed by atoms with van der Waals surface area (Å²) in [5, 5.41) is 3.13. The number of carbonyl (C=O) groups excluding carboxylic acids is 1. The second kappa shape index (κ2) is 6.68. The van der Waals surface area contributed by atoms with Crippen molar-refractivity contribution in [3.8, 4) is 11.8 Å². The third-order valence-electron chi connectivity index (χ3n) is 1.53. The largest absolute Gasteiger partial charge is 0.459 e. The predicted octanol–water partition coefficient (Wildman–Crippen LogP) is 0.551. The summed E-state index contributed by atoms with van der Waals surface area (Å²) in [6, 6.07) is 0.442. The van der Waals surface area contributed by atoms with Crippen LogP contribution in [0, 0.1) is 11.8 Å². The summed E-state index contributed by atoms with van der Waals surface area (Å²) < 4.78 is 4.34. The lowest BCUT2D eigenvalue weighted by Gasteiger charge is -2.06. The van der Waals surface area contributed by atoms with Gasteiger partial charge in [-0.25, -0.2) is 4.79 Å². The molecule has 0 spiro atoms. The lowest BCUT2D eigenvalue weighted by atomic mass is 10.3. The van der Waals surface area contributed by atoms with Crippen LogP contribution in [0.2, 0.25) is 0 Å². The minimum absolute atomic E-state index is 0.442. The topological polar surface area (TPSA) is 38.3 Å². The van der Waals surface area contributed by atoms with Crippen LogP contribution in [0.15, 0.2) is 0 Å². The van der Waals surface area contributed by atoms with Gasteiger partial charge in [0.1, 0.15) is 0 Å². The first kappa shape index (κ1) is 11.0. The van der Waals surface area contributed by atoms with E-state index in [1.165, 1.54) is 7.11 Å². The van der Waals surface area contributed by atoms with E-state index in [2.05, 4.69) is 35.7 Å². The molecule has 3 heteroatoms. The molecule has 1 N–H and O–H groups in total. The second-order valence-corrected chi connectivity index (χ2v) is 2.48. The van der Waals surface area contributed by atoms with Crippen molar-refractivity contribution in [2.24, 2.45) is 0 Å². The summed E-state index contributed by atoms with van der Waals surface area (Å²) in [4.78, 5) is 10.5. The maximum atomic E-state index is 10.5. The Balaban J connectivity index is 3.52. The van der Waals surface area contributed by atoms with Gasteiger partial charge in [0.25, 0.3) is 0 Å². The molecule has 0 aromatic carbocycles. The fourth-order valence-corrected chi connectivity index (χ4v) is 0.537. The molecular weight excluding hydrogens is 154 g/mol. The van der Waals surface area contributed by atoms with Gasteiger partial charge in [-0.1, -0.05) is 12.8 Å². The molecule has 0 aliphatic rings. The Hall–Kier alpha value is -1.01. The van der Waals surface area contributed by atoms with Gasteiger partial charge in [0.2, 0.25) is 0 Å². The van der Waals surface area contributed by atoms with Crippen LogP contribution in [0.25, 0.3) is 0 Å². The fourth-order valence-electron chi connectivity index (χ4n) is 0.537. The molecule has 0 aliphatic carbocycles. The van der Waals surface area contributed by atoms with E-state index >= 15 is 0 Å². The van der Waals surface area contributed by atoms with Gasteiger partial charge in [0, 0.05) is 12.0 Å². The van der Waals surface area contributed by atoms with Crippen molar-refractivity contribution in [1.82, 2.24) is 5.32 Å². The monoisotopic (exact) mass is 169 g/mol. The van der Waals surface area contributed by atoms with E-state index in [0.717, 1.165) is 6.42 Å². The smallest absolute Gasteiger partial charge is 0.384 e.